The van der Waals surface area contributed by atoms with E-state index in [1.165, 1.54) is 44.9 Å². The van der Waals surface area contributed by atoms with Gasteiger partial charge in [-0.05, 0) is 43.4 Å². The van der Waals surface area contributed by atoms with Gasteiger partial charge >= 0.3 is 0 Å². The average molecular weight is 239 g/mol. The Labute approximate surface area is 106 Å². The Balaban J connectivity index is 1.89. The van der Waals surface area contributed by atoms with Crippen molar-refractivity contribution in [2.24, 2.45) is 17.8 Å². The topological polar surface area (TPSA) is 32.3 Å². The first-order chi connectivity index (χ1) is 8.20. The lowest BCUT2D eigenvalue weighted by atomic mass is 9.78. The fourth-order valence-electron chi connectivity index (χ4n) is 3.69. The summed E-state index contributed by atoms with van der Waals surface area (Å²) in [6.45, 7) is 5.14. The third-order valence-electron chi connectivity index (χ3n) is 5.03. The molecule has 2 aliphatic carbocycles. The van der Waals surface area contributed by atoms with Crippen LogP contribution in [0.4, 0.5) is 0 Å². The van der Waals surface area contributed by atoms with Crippen LogP contribution in [0.15, 0.2) is 0 Å². The van der Waals surface area contributed by atoms with Crippen LogP contribution in [0.1, 0.15) is 58.8 Å². The van der Waals surface area contributed by atoms with E-state index in [0.717, 1.165) is 11.8 Å². The maximum absolute atomic E-state index is 9.47. The predicted molar refractivity (Wildman–Crippen MR) is 71.9 cm³/mol. The van der Waals surface area contributed by atoms with Gasteiger partial charge in [0.15, 0.2) is 0 Å². The smallest absolute Gasteiger partial charge is 0.0474 e. The SMILES string of the molecule is CC1CCC(C)C(NC2CCCCC2CO)C1. The molecule has 2 heteroatoms. The highest BCUT2D eigenvalue weighted by atomic mass is 16.3. The monoisotopic (exact) mass is 239 g/mol. The van der Waals surface area contributed by atoms with E-state index in [1.807, 2.05) is 0 Å². The van der Waals surface area contributed by atoms with Crippen molar-refractivity contribution in [2.75, 3.05) is 6.61 Å². The maximum Gasteiger partial charge on any atom is 0.0474 e. The van der Waals surface area contributed by atoms with Crippen LogP contribution >= 0.6 is 0 Å². The van der Waals surface area contributed by atoms with Crippen LogP contribution < -0.4 is 5.32 Å². The van der Waals surface area contributed by atoms with Crippen LogP contribution in [0, 0.1) is 17.8 Å². The summed E-state index contributed by atoms with van der Waals surface area (Å²) in [6, 6.07) is 1.27. The lowest BCUT2D eigenvalue weighted by molar-refractivity contribution is 0.123. The molecule has 0 aliphatic heterocycles. The molecule has 17 heavy (non-hydrogen) atoms. The first kappa shape index (κ1) is 13.4. The van der Waals surface area contributed by atoms with Gasteiger partial charge in [-0.3, -0.25) is 0 Å². The number of hydrogen-bond acceptors (Lipinski definition) is 2. The van der Waals surface area contributed by atoms with Crippen LogP contribution in [-0.4, -0.2) is 23.8 Å². The van der Waals surface area contributed by atoms with Gasteiger partial charge in [0.05, 0.1) is 0 Å². The molecule has 0 bridgehead atoms. The second-order valence-electron chi connectivity index (χ2n) is 6.50. The van der Waals surface area contributed by atoms with E-state index in [0.29, 0.717) is 24.6 Å². The standard InChI is InChI=1S/C15H29NO/c1-11-7-8-12(2)15(9-11)16-14-6-4-3-5-13(14)10-17/h11-17H,3-10H2,1-2H3. The molecule has 2 nitrogen and oxygen atoms in total. The third-order valence-corrected chi connectivity index (χ3v) is 5.03. The Hall–Kier alpha value is -0.0800. The molecule has 100 valence electrons. The van der Waals surface area contributed by atoms with Crippen LogP contribution in [0.2, 0.25) is 0 Å². The number of hydrogen-bond donors (Lipinski definition) is 2. The summed E-state index contributed by atoms with van der Waals surface area (Å²) < 4.78 is 0. The Bertz CT molecular complexity index is 231. The molecule has 2 N–H and O–H groups in total. The molecule has 2 saturated carbocycles. The van der Waals surface area contributed by atoms with Crippen molar-refractivity contribution in [2.45, 2.75) is 70.9 Å². The fraction of sp³-hybridized carbons (Fsp3) is 1.00. The first-order valence-corrected chi connectivity index (χ1v) is 7.57. The van der Waals surface area contributed by atoms with Crippen molar-refractivity contribution in [3.63, 3.8) is 0 Å². The largest absolute Gasteiger partial charge is 0.396 e. The molecule has 0 heterocycles. The van der Waals surface area contributed by atoms with Gasteiger partial charge in [0.1, 0.15) is 0 Å². The van der Waals surface area contributed by atoms with E-state index in [9.17, 15) is 5.11 Å². The van der Waals surface area contributed by atoms with Crippen molar-refractivity contribution >= 4 is 0 Å². The maximum atomic E-state index is 9.47. The number of nitrogens with one attached hydrogen (secondary N) is 1. The number of rotatable bonds is 3. The fourth-order valence-corrected chi connectivity index (χ4v) is 3.69. The Morgan fingerprint density at radius 3 is 2.53 bits per heavy atom. The normalized spacial score (nSPS) is 43.6. The molecule has 0 aromatic carbocycles. The highest BCUT2D eigenvalue weighted by Crippen LogP contribution is 2.31. The average Bonchev–Trinajstić information content (AvgIpc) is 2.34. The molecule has 2 aliphatic rings. The highest BCUT2D eigenvalue weighted by molar-refractivity contribution is 4.88. The van der Waals surface area contributed by atoms with Gasteiger partial charge in [-0.2, -0.15) is 0 Å². The number of aliphatic hydroxyl groups is 1. The summed E-state index contributed by atoms with van der Waals surface area (Å²) >= 11 is 0. The molecule has 5 atom stereocenters. The predicted octanol–water partition coefficient (Wildman–Crippen LogP) is 2.95. The van der Waals surface area contributed by atoms with E-state index in [4.69, 9.17) is 0 Å². The van der Waals surface area contributed by atoms with Crippen LogP contribution in [0.3, 0.4) is 0 Å². The minimum Gasteiger partial charge on any atom is -0.396 e. The summed E-state index contributed by atoms with van der Waals surface area (Å²) in [5.41, 5.74) is 0. The van der Waals surface area contributed by atoms with Gasteiger partial charge in [-0.25, -0.2) is 0 Å². The molecule has 0 aromatic rings. The van der Waals surface area contributed by atoms with E-state index in [1.54, 1.807) is 0 Å². The zero-order chi connectivity index (χ0) is 12.3. The van der Waals surface area contributed by atoms with E-state index in [2.05, 4.69) is 19.2 Å². The molecule has 0 amide bonds. The van der Waals surface area contributed by atoms with E-state index in [-0.39, 0.29) is 0 Å². The minimum atomic E-state index is 0.369. The lowest BCUT2D eigenvalue weighted by Gasteiger charge is -2.40. The molecular weight excluding hydrogens is 210 g/mol. The lowest BCUT2D eigenvalue weighted by Crippen LogP contribution is -2.49. The van der Waals surface area contributed by atoms with Crippen molar-refractivity contribution < 1.29 is 5.11 Å². The molecule has 0 aromatic heterocycles. The highest BCUT2D eigenvalue weighted by Gasteiger charge is 2.31. The van der Waals surface area contributed by atoms with Gasteiger partial charge in [-0.1, -0.05) is 33.1 Å². The van der Waals surface area contributed by atoms with E-state index >= 15 is 0 Å². The summed E-state index contributed by atoms with van der Waals surface area (Å²) in [5.74, 6) is 2.19. The summed E-state index contributed by atoms with van der Waals surface area (Å²) in [7, 11) is 0. The molecule has 0 spiro atoms. The van der Waals surface area contributed by atoms with Gasteiger partial charge in [-0.15, -0.1) is 0 Å². The van der Waals surface area contributed by atoms with Crippen LogP contribution in [0.5, 0.6) is 0 Å². The summed E-state index contributed by atoms with van der Waals surface area (Å²) in [6.07, 6.45) is 9.22. The third kappa shape index (κ3) is 3.45. The van der Waals surface area contributed by atoms with Crippen molar-refractivity contribution in [3.05, 3.63) is 0 Å². The quantitative estimate of drug-likeness (QED) is 0.793. The Morgan fingerprint density at radius 1 is 1.00 bits per heavy atom. The summed E-state index contributed by atoms with van der Waals surface area (Å²) in [5, 5.41) is 13.3. The van der Waals surface area contributed by atoms with Gasteiger partial charge in [0.2, 0.25) is 0 Å². The van der Waals surface area contributed by atoms with Crippen LogP contribution in [0.25, 0.3) is 0 Å². The Kier molecular flexibility index (Phi) is 4.87. The minimum absolute atomic E-state index is 0.369. The molecule has 0 radical (unpaired) electrons. The number of aliphatic hydroxyl groups excluding tert-OH is 1. The molecule has 5 unspecified atom stereocenters. The first-order valence-electron chi connectivity index (χ1n) is 7.57. The second-order valence-corrected chi connectivity index (χ2v) is 6.50. The molecule has 2 fully saturated rings. The molecule has 0 saturated heterocycles. The van der Waals surface area contributed by atoms with Crippen molar-refractivity contribution in [3.8, 4) is 0 Å². The second kappa shape index (κ2) is 6.19. The van der Waals surface area contributed by atoms with Gasteiger partial charge in [0, 0.05) is 18.7 Å². The van der Waals surface area contributed by atoms with Gasteiger partial charge in [0.25, 0.3) is 0 Å². The van der Waals surface area contributed by atoms with Crippen molar-refractivity contribution in [1.82, 2.24) is 5.32 Å². The molecule has 2 rings (SSSR count). The summed E-state index contributed by atoms with van der Waals surface area (Å²) in [4.78, 5) is 0. The van der Waals surface area contributed by atoms with Gasteiger partial charge < -0.3 is 10.4 Å². The van der Waals surface area contributed by atoms with E-state index < -0.39 is 0 Å². The molecular formula is C15H29NO. The zero-order valence-electron chi connectivity index (χ0n) is 11.5. The van der Waals surface area contributed by atoms with Crippen LogP contribution in [-0.2, 0) is 0 Å². The van der Waals surface area contributed by atoms with Crippen molar-refractivity contribution in [1.29, 1.82) is 0 Å². The zero-order valence-corrected chi connectivity index (χ0v) is 11.5. The Morgan fingerprint density at radius 2 is 1.76 bits per heavy atom.